The van der Waals surface area contributed by atoms with E-state index in [1.165, 1.54) is 19.3 Å². The number of alkyl halides is 1. The lowest BCUT2D eigenvalue weighted by molar-refractivity contribution is 0.0755. The zero-order valence-corrected chi connectivity index (χ0v) is 10.1. The molecule has 0 spiro atoms. The van der Waals surface area contributed by atoms with Gasteiger partial charge in [-0.25, -0.2) is 4.39 Å². The maximum atomic E-state index is 14.5. The van der Waals surface area contributed by atoms with Crippen molar-refractivity contribution in [1.82, 2.24) is 5.32 Å². The van der Waals surface area contributed by atoms with Crippen LogP contribution in [0.3, 0.4) is 0 Å². The predicted octanol–water partition coefficient (Wildman–Crippen LogP) is 3.44. The van der Waals surface area contributed by atoms with Crippen molar-refractivity contribution >= 4 is 0 Å². The standard InChI is InChI=1S/C13H24FN/c1-10(2)4-3-7-13(14)8-11-5-6-12(9-13)15-11/h10-12,15H,3-9H2,1-2H3. The third kappa shape index (κ3) is 2.93. The Bertz CT molecular complexity index is 203. The van der Waals surface area contributed by atoms with Gasteiger partial charge in [0.2, 0.25) is 0 Å². The first-order chi connectivity index (χ1) is 7.07. The molecule has 0 saturated carbocycles. The fourth-order valence-corrected chi connectivity index (χ4v) is 3.22. The second-order valence-corrected chi connectivity index (χ2v) is 5.98. The van der Waals surface area contributed by atoms with Crippen molar-refractivity contribution in [3.8, 4) is 0 Å². The smallest absolute Gasteiger partial charge is 0.114 e. The molecule has 0 aromatic carbocycles. The minimum atomic E-state index is -0.841. The summed E-state index contributed by atoms with van der Waals surface area (Å²) in [5.41, 5.74) is -0.841. The van der Waals surface area contributed by atoms with Gasteiger partial charge in [-0.05, 0) is 38.0 Å². The van der Waals surface area contributed by atoms with Gasteiger partial charge in [-0.1, -0.05) is 26.7 Å². The van der Waals surface area contributed by atoms with E-state index in [0.29, 0.717) is 18.0 Å². The van der Waals surface area contributed by atoms with E-state index in [0.717, 1.165) is 25.7 Å². The van der Waals surface area contributed by atoms with Crippen LogP contribution in [0.15, 0.2) is 0 Å². The summed E-state index contributed by atoms with van der Waals surface area (Å²) in [5, 5.41) is 3.50. The van der Waals surface area contributed by atoms with Crippen molar-refractivity contribution in [2.45, 2.75) is 76.5 Å². The first-order valence-electron chi connectivity index (χ1n) is 6.52. The van der Waals surface area contributed by atoms with E-state index in [1.807, 2.05) is 0 Å². The lowest BCUT2D eigenvalue weighted by atomic mass is 9.84. The van der Waals surface area contributed by atoms with Gasteiger partial charge < -0.3 is 5.32 Å². The van der Waals surface area contributed by atoms with E-state index < -0.39 is 5.67 Å². The van der Waals surface area contributed by atoms with E-state index in [9.17, 15) is 4.39 Å². The highest BCUT2D eigenvalue weighted by Crippen LogP contribution is 2.39. The van der Waals surface area contributed by atoms with Crippen LogP contribution >= 0.6 is 0 Å². The highest BCUT2D eigenvalue weighted by atomic mass is 19.1. The van der Waals surface area contributed by atoms with Gasteiger partial charge in [0.15, 0.2) is 0 Å². The third-order valence-corrected chi connectivity index (χ3v) is 3.97. The zero-order chi connectivity index (χ0) is 10.9. The van der Waals surface area contributed by atoms with Crippen molar-refractivity contribution in [3.63, 3.8) is 0 Å². The van der Waals surface area contributed by atoms with E-state index in [1.54, 1.807) is 0 Å². The second kappa shape index (κ2) is 4.40. The van der Waals surface area contributed by atoms with Gasteiger partial charge in [-0.15, -0.1) is 0 Å². The van der Waals surface area contributed by atoms with E-state index in [4.69, 9.17) is 0 Å². The number of hydrogen-bond acceptors (Lipinski definition) is 1. The molecule has 2 aliphatic rings. The van der Waals surface area contributed by atoms with Crippen molar-refractivity contribution in [1.29, 1.82) is 0 Å². The molecular formula is C13H24FN. The number of rotatable bonds is 4. The summed E-state index contributed by atoms with van der Waals surface area (Å²) in [4.78, 5) is 0. The van der Waals surface area contributed by atoms with Crippen LogP contribution in [-0.4, -0.2) is 17.8 Å². The topological polar surface area (TPSA) is 12.0 Å². The van der Waals surface area contributed by atoms with Gasteiger partial charge in [-0.2, -0.15) is 0 Å². The summed E-state index contributed by atoms with van der Waals surface area (Å²) >= 11 is 0. The maximum Gasteiger partial charge on any atom is 0.114 e. The second-order valence-electron chi connectivity index (χ2n) is 5.98. The summed E-state index contributed by atoms with van der Waals surface area (Å²) < 4.78 is 14.5. The minimum Gasteiger partial charge on any atom is -0.311 e. The molecule has 2 fully saturated rings. The summed E-state index contributed by atoms with van der Waals surface area (Å²) in [6, 6.07) is 0.959. The van der Waals surface area contributed by atoms with Crippen molar-refractivity contribution in [2.75, 3.05) is 0 Å². The highest BCUT2D eigenvalue weighted by molar-refractivity contribution is 5.00. The molecule has 1 nitrogen and oxygen atoms in total. The Morgan fingerprint density at radius 3 is 2.40 bits per heavy atom. The quantitative estimate of drug-likeness (QED) is 0.754. The lowest BCUT2D eigenvalue weighted by Gasteiger charge is -2.35. The van der Waals surface area contributed by atoms with Crippen LogP contribution in [0.5, 0.6) is 0 Å². The normalized spacial score (nSPS) is 40.0. The van der Waals surface area contributed by atoms with Crippen LogP contribution < -0.4 is 5.32 Å². The molecule has 0 amide bonds. The van der Waals surface area contributed by atoms with Crippen LogP contribution in [0, 0.1) is 5.92 Å². The molecule has 2 bridgehead atoms. The van der Waals surface area contributed by atoms with Crippen LogP contribution in [0.1, 0.15) is 58.8 Å². The Labute approximate surface area is 92.8 Å². The third-order valence-electron chi connectivity index (χ3n) is 3.97. The number of halogens is 1. The number of fused-ring (bicyclic) bond motifs is 2. The first-order valence-corrected chi connectivity index (χ1v) is 6.52. The summed E-state index contributed by atoms with van der Waals surface area (Å²) in [7, 11) is 0. The minimum absolute atomic E-state index is 0.479. The maximum absolute atomic E-state index is 14.5. The molecule has 15 heavy (non-hydrogen) atoms. The monoisotopic (exact) mass is 213 g/mol. The Morgan fingerprint density at radius 2 is 1.87 bits per heavy atom. The number of piperidine rings is 1. The molecule has 2 atom stereocenters. The number of nitrogens with one attached hydrogen (secondary N) is 1. The van der Waals surface area contributed by atoms with E-state index in [2.05, 4.69) is 19.2 Å². The summed E-state index contributed by atoms with van der Waals surface area (Å²) in [6.45, 7) is 4.44. The van der Waals surface area contributed by atoms with Gasteiger partial charge in [0, 0.05) is 12.1 Å². The molecule has 88 valence electrons. The molecule has 2 rings (SSSR count). The molecule has 1 N–H and O–H groups in total. The van der Waals surface area contributed by atoms with Crippen LogP contribution in [0.25, 0.3) is 0 Å². The molecule has 0 aromatic heterocycles. The SMILES string of the molecule is CC(C)CCCC1(F)CC2CCC(C1)N2. The summed E-state index contributed by atoms with van der Waals surface area (Å²) in [6.07, 6.45) is 6.95. The summed E-state index contributed by atoms with van der Waals surface area (Å²) in [5.74, 6) is 0.715. The predicted molar refractivity (Wildman–Crippen MR) is 61.7 cm³/mol. The molecule has 0 aromatic rings. The fraction of sp³-hybridized carbons (Fsp3) is 1.00. The van der Waals surface area contributed by atoms with Gasteiger partial charge in [-0.3, -0.25) is 0 Å². The molecule has 2 heteroatoms. The van der Waals surface area contributed by atoms with Crippen molar-refractivity contribution < 1.29 is 4.39 Å². The molecular weight excluding hydrogens is 189 g/mol. The van der Waals surface area contributed by atoms with E-state index in [-0.39, 0.29) is 0 Å². The lowest BCUT2D eigenvalue weighted by Crippen LogP contribution is -2.46. The molecule has 2 unspecified atom stereocenters. The molecule has 2 saturated heterocycles. The highest BCUT2D eigenvalue weighted by Gasteiger charge is 2.43. The Hall–Kier alpha value is -0.110. The number of hydrogen-bond donors (Lipinski definition) is 1. The van der Waals surface area contributed by atoms with E-state index >= 15 is 0 Å². The Morgan fingerprint density at radius 1 is 1.27 bits per heavy atom. The molecule has 0 aliphatic carbocycles. The molecule has 2 heterocycles. The molecule has 2 aliphatic heterocycles. The largest absolute Gasteiger partial charge is 0.311 e. The van der Waals surface area contributed by atoms with Gasteiger partial charge in [0.1, 0.15) is 5.67 Å². The average molecular weight is 213 g/mol. The van der Waals surface area contributed by atoms with Crippen LogP contribution in [-0.2, 0) is 0 Å². The van der Waals surface area contributed by atoms with Gasteiger partial charge >= 0.3 is 0 Å². The Balaban J connectivity index is 1.80. The van der Waals surface area contributed by atoms with Gasteiger partial charge in [0.25, 0.3) is 0 Å². The zero-order valence-electron chi connectivity index (χ0n) is 10.1. The van der Waals surface area contributed by atoms with Gasteiger partial charge in [0.05, 0.1) is 0 Å². The molecule has 0 radical (unpaired) electrons. The first kappa shape index (κ1) is 11.4. The fourth-order valence-electron chi connectivity index (χ4n) is 3.22. The van der Waals surface area contributed by atoms with Crippen molar-refractivity contribution in [2.24, 2.45) is 5.92 Å². The average Bonchev–Trinajstić information content (AvgIpc) is 2.45. The van der Waals surface area contributed by atoms with Crippen molar-refractivity contribution in [3.05, 3.63) is 0 Å². The van der Waals surface area contributed by atoms with Crippen LogP contribution in [0.4, 0.5) is 4.39 Å². The Kier molecular flexibility index (Phi) is 3.34. The van der Waals surface area contributed by atoms with Crippen LogP contribution in [0.2, 0.25) is 0 Å².